The first-order valence-electron chi connectivity index (χ1n) is 8.85. The summed E-state index contributed by atoms with van der Waals surface area (Å²) in [6.07, 6.45) is 5.21. The predicted molar refractivity (Wildman–Crippen MR) is 103 cm³/mol. The van der Waals surface area contributed by atoms with E-state index >= 15 is 0 Å². The zero-order chi connectivity index (χ0) is 17.6. The zero-order valence-corrected chi connectivity index (χ0v) is 14.9. The van der Waals surface area contributed by atoms with Gasteiger partial charge >= 0.3 is 0 Å². The van der Waals surface area contributed by atoms with E-state index in [1.807, 2.05) is 6.92 Å². The molecule has 0 radical (unpaired) electrons. The number of benzene rings is 1. The van der Waals surface area contributed by atoms with Crippen molar-refractivity contribution in [2.24, 2.45) is 5.10 Å². The standard InChI is InChI=1S/C19H25N5O/c1-14-13-18(25)21-19(20-14)23-22-15(2)16-7-9-17(10-8-16)24-11-5-3-4-6-12-24/h7-10,13H,3-6,11-12H2,1-2H3,(H2,20,21,23,25)/b22-15-. The van der Waals surface area contributed by atoms with E-state index < -0.39 is 0 Å². The number of nitrogens with zero attached hydrogens (tertiary/aromatic N) is 3. The van der Waals surface area contributed by atoms with Crippen molar-refractivity contribution in [1.29, 1.82) is 0 Å². The second kappa shape index (κ2) is 7.96. The van der Waals surface area contributed by atoms with Gasteiger partial charge in [-0.25, -0.2) is 10.4 Å². The molecule has 1 saturated heterocycles. The van der Waals surface area contributed by atoms with Crippen molar-refractivity contribution in [3.05, 3.63) is 51.9 Å². The molecule has 1 fully saturated rings. The van der Waals surface area contributed by atoms with Crippen LogP contribution in [0, 0.1) is 6.92 Å². The van der Waals surface area contributed by atoms with Gasteiger partial charge in [-0.1, -0.05) is 25.0 Å². The maximum absolute atomic E-state index is 11.4. The molecule has 0 atom stereocenters. The van der Waals surface area contributed by atoms with Crippen LogP contribution in [0.15, 0.2) is 40.2 Å². The summed E-state index contributed by atoms with van der Waals surface area (Å²) in [6.45, 7) is 5.99. The second-order valence-corrected chi connectivity index (χ2v) is 6.49. The first-order chi connectivity index (χ1) is 12.1. The molecule has 1 aliphatic rings. The van der Waals surface area contributed by atoms with E-state index in [0.29, 0.717) is 11.6 Å². The third-order valence-electron chi connectivity index (χ3n) is 4.46. The normalized spacial score (nSPS) is 15.8. The van der Waals surface area contributed by atoms with Gasteiger partial charge in [-0.05, 0) is 44.4 Å². The highest BCUT2D eigenvalue weighted by molar-refractivity contribution is 5.99. The summed E-state index contributed by atoms with van der Waals surface area (Å²) in [5.41, 5.74) is 6.44. The van der Waals surface area contributed by atoms with Crippen molar-refractivity contribution >= 4 is 17.3 Å². The van der Waals surface area contributed by atoms with Crippen molar-refractivity contribution < 1.29 is 0 Å². The average Bonchev–Trinajstić information content (AvgIpc) is 2.88. The lowest BCUT2D eigenvalue weighted by atomic mass is 10.1. The summed E-state index contributed by atoms with van der Waals surface area (Å²) in [6, 6.07) is 9.95. The molecule has 0 bridgehead atoms. The largest absolute Gasteiger partial charge is 0.372 e. The first kappa shape index (κ1) is 17.2. The number of anilines is 2. The van der Waals surface area contributed by atoms with E-state index in [9.17, 15) is 4.79 Å². The van der Waals surface area contributed by atoms with Crippen molar-refractivity contribution in [2.75, 3.05) is 23.4 Å². The number of rotatable bonds is 4. The van der Waals surface area contributed by atoms with E-state index in [0.717, 1.165) is 24.4 Å². The molecule has 3 rings (SSSR count). The molecule has 0 aliphatic carbocycles. The molecule has 25 heavy (non-hydrogen) atoms. The lowest BCUT2D eigenvalue weighted by Gasteiger charge is -2.22. The van der Waals surface area contributed by atoms with Gasteiger partial charge in [0.1, 0.15) is 0 Å². The number of aromatic nitrogens is 2. The fourth-order valence-electron chi connectivity index (χ4n) is 3.08. The van der Waals surface area contributed by atoms with Gasteiger partial charge in [-0.2, -0.15) is 5.10 Å². The van der Waals surface area contributed by atoms with E-state index in [2.05, 4.69) is 49.7 Å². The number of hydrogen-bond acceptors (Lipinski definition) is 5. The Hall–Kier alpha value is -2.63. The van der Waals surface area contributed by atoms with Crippen LogP contribution in [0.3, 0.4) is 0 Å². The molecule has 1 aromatic carbocycles. The number of H-pyrrole nitrogens is 1. The van der Waals surface area contributed by atoms with E-state index in [4.69, 9.17) is 0 Å². The summed E-state index contributed by atoms with van der Waals surface area (Å²) in [5.74, 6) is 0.352. The topological polar surface area (TPSA) is 73.4 Å². The van der Waals surface area contributed by atoms with Crippen molar-refractivity contribution in [2.45, 2.75) is 39.5 Å². The number of hydrogen-bond donors (Lipinski definition) is 2. The first-order valence-corrected chi connectivity index (χ1v) is 8.85. The fourth-order valence-corrected chi connectivity index (χ4v) is 3.08. The van der Waals surface area contributed by atoms with Crippen LogP contribution in [0.4, 0.5) is 11.6 Å². The summed E-state index contributed by atoms with van der Waals surface area (Å²) >= 11 is 0. The van der Waals surface area contributed by atoms with Gasteiger partial charge in [0.05, 0.1) is 5.71 Å². The van der Waals surface area contributed by atoms with Gasteiger partial charge in [0.15, 0.2) is 0 Å². The molecule has 1 aromatic heterocycles. The van der Waals surface area contributed by atoms with Crippen molar-refractivity contribution in [1.82, 2.24) is 9.97 Å². The molecule has 6 nitrogen and oxygen atoms in total. The number of aryl methyl sites for hydroxylation is 1. The second-order valence-electron chi connectivity index (χ2n) is 6.49. The van der Waals surface area contributed by atoms with E-state index in [1.54, 1.807) is 6.92 Å². The molecule has 0 saturated carbocycles. The minimum Gasteiger partial charge on any atom is -0.372 e. The molecule has 0 amide bonds. The Morgan fingerprint density at radius 2 is 1.84 bits per heavy atom. The predicted octanol–water partition coefficient (Wildman–Crippen LogP) is 3.29. The van der Waals surface area contributed by atoms with Crippen LogP contribution >= 0.6 is 0 Å². The molecule has 6 heteroatoms. The monoisotopic (exact) mass is 339 g/mol. The minimum atomic E-state index is -0.190. The van der Waals surface area contributed by atoms with Crippen molar-refractivity contribution in [3.63, 3.8) is 0 Å². The van der Waals surface area contributed by atoms with Gasteiger partial charge in [0.2, 0.25) is 5.95 Å². The quantitative estimate of drug-likeness (QED) is 0.662. The Labute approximate surface area is 148 Å². The number of nitrogens with one attached hydrogen (secondary N) is 2. The van der Waals surface area contributed by atoms with E-state index in [-0.39, 0.29) is 5.56 Å². The van der Waals surface area contributed by atoms with Gasteiger partial charge in [0, 0.05) is 30.5 Å². The highest BCUT2D eigenvalue weighted by Gasteiger charge is 2.10. The van der Waals surface area contributed by atoms with Gasteiger partial charge < -0.3 is 4.90 Å². The minimum absolute atomic E-state index is 0.190. The summed E-state index contributed by atoms with van der Waals surface area (Å²) in [4.78, 5) is 20.7. The maximum Gasteiger partial charge on any atom is 0.252 e. The maximum atomic E-state index is 11.4. The number of aromatic amines is 1. The van der Waals surface area contributed by atoms with Crippen LogP contribution in [-0.4, -0.2) is 28.8 Å². The summed E-state index contributed by atoms with van der Waals surface area (Å²) in [5, 5.41) is 4.32. The van der Waals surface area contributed by atoms with Crippen LogP contribution < -0.4 is 15.9 Å². The highest BCUT2D eigenvalue weighted by Crippen LogP contribution is 2.20. The SMILES string of the molecule is C/C(=N/Nc1nc(C)cc(=O)[nH]1)c1ccc(N2CCCCCC2)cc1. The Morgan fingerprint density at radius 1 is 1.16 bits per heavy atom. The molecule has 2 heterocycles. The van der Waals surface area contributed by atoms with Crippen LogP contribution in [0.2, 0.25) is 0 Å². The van der Waals surface area contributed by atoms with Gasteiger partial charge in [-0.15, -0.1) is 0 Å². The third-order valence-corrected chi connectivity index (χ3v) is 4.46. The Balaban J connectivity index is 1.69. The Kier molecular flexibility index (Phi) is 5.48. The fraction of sp³-hybridized carbons (Fsp3) is 0.421. The number of hydrazone groups is 1. The zero-order valence-electron chi connectivity index (χ0n) is 14.9. The Bertz CT molecular complexity index is 786. The lowest BCUT2D eigenvalue weighted by Crippen LogP contribution is -2.23. The Morgan fingerprint density at radius 3 is 2.48 bits per heavy atom. The smallest absolute Gasteiger partial charge is 0.252 e. The van der Waals surface area contributed by atoms with Crippen LogP contribution in [0.25, 0.3) is 0 Å². The molecule has 2 aromatic rings. The van der Waals surface area contributed by atoms with Gasteiger partial charge in [-0.3, -0.25) is 9.78 Å². The van der Waals surface area contributed by atoms with Crippen molar-refractivity contribution in [3.8, 4) is 0 Å². The lowest BCUT2D eigenvalue weighted by molar-refractivity contribution is 0.726. The van der Waals surface area contributed by atoms with Gasteiger partial charge in [0.25, 0.3) is 5.56 Å². The molecule has 2 N–H and O–H groups in total. The van der Waals surface area contributed by atoms with E-state index in [1.165, 1.54) is 37.4 Å². The average molecular weight is 339 g/mol. The van der Waals surface area contributed by atoms with Crippen LogP contribution in [0.1, 0.15) is 43.9 Å². The molecular weight excluding hydrogens is 314 g/mol. The third kappa shape index (κ3) is 4.68. The molecule has 1 aliphatic heterocycles. The summed E-state index contributed by atoms with van der Waals surface area (Å²) in [7, 11) is 0. The molecule has 0 unspecified atom stereocenters. The molecule has 0 spiro atoms. The van der Waals surface area contributed by atoms with Crippen LogP contribution in [0.5, 0.6) is 0 Å². The summed E-state index contributed by atoms with van der Waals surface area (Å²) < 4.78 is 0. The van der Waals surface area contributed by atoms with Crippen LogP contribution in [-0.2, 0) is 0 Å². The molecular formula is C19H25N5O. The molecule has 132 valence electrons. The highest BCUT2D eigenvalue weighted by atomic mass is 16.1.